The third kappa shape index (κ3) is 2.10. The van der Waals surface area contributed by atoms with Gasteiger partial charge in [-0.2, -0.15) is 0 Å². The van der Waals surface area contributed by atoms with Crippen LogP contribution in [0.3, 0.4) is 0 Å². The molecule has 2 aromatic rings. The molecule has 1 aromatic carbocycles. The van der Waals surface area contributed by atoms with Gasteiger partial charge in [-0.15, -0.1) is 11.3 Å². The quantitative estimate of drug-likeness (QED) is 0.755. The number of epoxide rings is 1. The van der Waals surface area contributed by atoms with Crippen LogP contribution in [0.25, 0.3) is 11.1 Å². The molecule has 2 heterocycles. The first-order valence-corrected chi connectivity index (χ1v) is 6.24. The molecule has 1 atom stereocenters. The predicted molar refractivity (Wildman–Crippen MR) is 65.0 cm³/mol. The molecule has 3 heteroatoms. The van der Waals surface area contributed by atoms with Crippen molar-refractivity contribution in [2.24, 2.45) is 0 Å². The Morgan fingerprint density at radius 2 is 2.06 bits per heavy atom. The lowest BCUT2D eigenvalue weighted by Crippen LogP contribution is -2.03. The lowest BCUT2D eigenvalue weighted by molar-refractivity contribution is 0.264. The normalized spacial score (nSPS) is 18.4. The van der Waals surface area contributed by atoms with E-state index in [4.69, 9.17) is 9.47 Å². The van der Waals surface area contributed by atoms with Crippen LogP contribution in [-0.2, 0) is 4.74 Å². The topological polar surface area (TPSA) is 21.8 Å². The van der Waals surface area contributed by atoms with Crippen LogP contribution in [0.15, 0.2) is 41.1 Å². The minimum atomic E-state index is 0.309. The Labute approximate surface area is 98.4 Å². The van der Waals surface area contributed by atoms with Crippen LogP contribution in [0, 0.1) is 0 Å². The number of rotatable bonds is 4. The van der Waals surface area contributed by atoms with Gasteiger partial charge in [-0.05, 0) is 5.56 Å². The zero-order valence-electron chi connectivity index (χ0n) is 8.76. The SMILES string of the molecule is c1ccc(-c2cscc2OCC2CO2)cc1. The van der Waals surface area contributed by atoms with Crippen molar-refractivity contribution in [3.05, 3.63) is 41.1 Å². The molecule has 1 aliphatic heterocycles. The molecule has 2 nitrogen and oxygen atoms in total. The van der Waals surface area contributed by atoms with E-state index in [1.54, 1.807) is 11.3 Å². The van der Waals surface area contributed by atoms with E-state index in [9.17, 15) is 0 Å². The highest BCUT2D eigenvalue weighted by Gasteiger charge is 2.23. The number of benzene rings is 1. The molecule has 82 valence electrons. The number of ether oxygens (including phenoxy) is 2. The maximum absolute atomic E-state index is 5.74. The van der Waals surface area contributed by atoms with Gasteiger partial charge in [0.2, 0.25) is 0 Å². The average Bonchev–Trinajstić information content (AvgIpc) is 3.05. The Morgan fingerprint density at radius 1 is 1.25 bits per heavy atom. The Balaban J connectivity index is 1.81. The smallest absolute Gasteiger partial charge is 0.137 e. The molecule has 0 saturated carbocycles. The Kier molecular flexibility index (Phi) is 2.64. The molecule has 0 amide bonds. The maximum atomic E-state index is 5.74. The van der Waals surface area contributed by atoms with Crippen molar-refractivity contribution in [3.8, 4) is 16.9 Å². The first-order valence-electron chi connectivity index (χ1n) is 5.29. The molecule has 0 aliphatic carbocycles. The molecule has 0 N–H and O–H groups in total. The van der Waals surface area contributed by atoms with E-state index in [1.807, 2.05) is 23.6 Å². The van der Waals surface area contributed by atoms with Gasteiger partial charge in [-0.1, -0.05) is 30.3 Å². The number of hydrogen-bond acceptors (Lipinski definition) is 3. The Hall–Kier alpha value is -1.32. The van der Waals surface area contributed by atoms with Gasteiger partial charge >= 0.3 is 0 Å². The van der Waals surface area contributed by atoms with Gasteiger partial charge in [0, 0.05) is 16.3 Å². The van der Waals surface area contributed by atoms with E-state index < -0.39 is 0 Å². The largest absolute Gasteiger partial charge is 0.489 e. The van der Waals surface area contributed by atoms with Gasteiger partial charge in [-0.25, -0.2) is 0 Å². The summed E-state index contributed by atoms with van der Waals surface area (Å²) in [5.41, 5.74) is 2.38. The summed E-state index contributed by atoms with van der Waals surface area (Å²) in [6.45, 7) is 1.50. The zero-order chi connectivity index (χ0) is 10.8. The summed E-state index contributed by atoms with van der Waals surface area (Å²) in [6, 6.07) is 10.3. The summed E-state index contributed by atoms with van der Waals surface area (Å²) >= 11 is 1.67. The maximum Gasteiger partial charge on any atom is 0.137 e. The van der Waals surface area contributed by atoms with Gasteiger partial charge in [0.1, 0.15) is 18.5 Å². The Morgan fingerprint density at radius 3 is 2.81 bits per heavy atom. The van der Waals surface area contributed by atoms with Crippen molar-refractivity contribution in [2.75, 3.05) is 13.2 Å². The standard InChI is InChI=1S/C13H12O2S/c1-2-4-10(5-3-1)12-8-16-9-13(12)15-7-11-6-14-11/h1-5,8-9,11H,6-7H2. The fourth-order valence-corrected chi connectivity index (χ4v) is 2.35. The molecule has 1 aromatic heterocycles. The molecule has 0 radical (unpaired) electrons. The fraction of sp³-hybridized carbons (Fsp3) is 0.231. The van der Waals surface area contributed by atoms with Gasteiger partial charge < -0.3 is 9.47 Å². The second kappa shape index (κ2) is 4.28. The van der Waals surface area contributed by atoms with Crippen LogP contribution in [0.2, 0.25) is 0 Å². The monoisotopic (exact) mass is 232 g/mol. The van der Waals surface area contributed by atoms with E-state index in [-0.39, 0.29) is 0 Å². The second-order valence-corrected chi connectivity index (χ2v) is 4.53. The van der Waals surface area contributed by atoms with Gasteiger partial charge in [0.25, 0.3) is 0 Å². The zero-order valence-corrected chi connectivity index (χ0v) is 9.57. The lowest BCUT2D eigenvalue weighted by atomic mass is 10.1. The number of hydrogen-bond donors (Lipinski definition) is 0. The second-order valence-electron chi connectivity index (χ2n) is 3.78. The first-order chi connectivity index (χ1) is 7.93. The molecule has 0 bridgehead atoms. The van der Waals surface area contributed by atoms with Crippen molar-refractivity contribution < 1.29 is 9.47 Å². The van der Waals surface area contributed by atoms with Crippen LogP contribution < -0.4 is 4.74 Å². The van der Waals surface area contributed by atoms with E-state index in [1.165, 1.54) is 11.1 Å². The van der Waals surface area contributed by atoms with Gasteiger partial charge in [0.15, 0.2) is 0 Å². The van der Waals surface area contributed by atoms with Crippen LogP contribution in [0.5, 0.6) is 5.75 Å². The molecule has 1 unspecified atom stereocenters. The summed E-state index contributed by atoms with van der Waals surface area (Å²) < 4.78 is 10.9. The molecule has 3 rings (SSSR count). The van der Waals surface area contributed by atoms with Crippen molar-refractivity contribution in [2.45, 2.75) is 6.10 Å². The van der Waals surface area contributed by atoms with Crippen LogP contribution in [-0.4, -0.2) is 19.3 Å². The Bertz CT molecular complexity index is 460. The number of thiophene rings is 1. The van der Waals surface area contributed by atoms with E-state index >= 15 is 0 Å². The van der Waals surface area contributed by atoms with Gasteiger partial charge in [-0.3, -0.25) is 0 Å². The summed E-state index contributed by atoms with van der Waals surface area (Å²) in [6.07, 6.45) is 0.309. The van der Waals surface area contributed by atoms with Crippen molar-refractivity contribution in [1.82, 2.24) is 0 Å². The molecule has 16 heavy (non-hydrogen) atoms. The third-order valence-electron chi connectivity index (χ3n) is 2.54. The van der Waals surface area contributed by atoms with Crippen molar-refractivity contribution >= 4 is 11.3 Å². The van der Waals surface area contributed by atoms with Crippen LogP contribution >= 0.6 is 11.3 Å². The van der Waals surface area contributed by atoms with E-state index in [0.717, 1.165) is 12.4 Å². The predicted octanol–water partition coefficient (Wildman–Crippen LogP) is 3.19. The highest BCUT2D eigenvalue weighted by Crippen LogP contribution is 2.33. The summed E-state index contributed by atoms with van der Waals surface area (Å²) in [5.74, 6) is 0.965. The van der Waals surface area contributed by atoms with E-state index in [0.29, 0.717) is 12.7 Å². The third-order valence-corrected chi connectivity index (χ3v) is 3.26. The molecule has 1 saturated heterocycles. The minimum Gasteiger partial charge on any atom is -0.489 e. The molecule has 0 spiro atoms. The van der Waals surface area contributed by atoms with Crippen LogP contribution in [0.4, 0.5) is 0 Å². The highest BCUT2D eigenvalue weighted by molar-refractivity contribution is 7.08. The molecule has 1 aliphatic rings. The van der Waals surface area contributed by atoms with Crippen LogP contribution in [0.1, 0.15) is 0 Å². The van der Waals surface area contributed by atoms with Gasteiger partial charge in [0.05, 0.1) is 6.61 Å². The molecular formula is C13H12O2S. The lowest BCUT2D eigenvalue weighted by Gasteiger charge is -2.05. The van der Waals surface area contributed by atoms with E-state index in [2.05, 4.69) is 17.5 Å². The first kappa shape index (κ1) is 9.87. The average molecular weight is 232 g/mol. The minimum absolute atomic E-state index is 0.309. The molecular weight excluding hydrogens is 220 g/mol. The highest BCUT2D eigenvalue weighted by atomic mass is 32.1. The molecule has 1 fully saturated rings. The summed E-state index contributed by atoms with van der Waals surface area (Å²) in [7, 11) is 0. The summed E-state index contributed by atoms with van der Waals surface area (Å²) in [4.78, 5) is 0. The van der Waals surface area contributed by atoms with Crippen molar-refractivity contribution in [3.63, 3.8) is 0 Å². The summed E-state index contributed by atoms with van der Waals surface area (Å²) in [5, 5.41) is 4.17. The fourth-order valence-electron chi connectivity index (χ4n) is 1.57. The van der Waals surface area contributed by atoms with Crippen molar-refractivity contribution in [1.29, 1.82) is 0 Å².